The zero-order valence-corrected chi connectivity index (χ0v) is 18.1. The Balaban J connectivity index is 1.33. The van der Waals surface area contributed by atoms with E-state index in [4.69, 9.17) is 4.74 Å². The van der Waals surface area contributed by atoms with Gasteiger partial charge in [0.1, 0.15) is 11.4 Å². The van der Waals surface area contributed by atoms with Crippen molar-refractivity contribution in [3.8, 4) is 5.75 Å². The first-order chi connectivity index (χ1) is 15.1. The van der Waals surface area contributed by atoms with Crippen molar-refractivity contribution in [3.05, 3.63) is 70.8 Å². The molecule has 0 fully saturated rings. The summed E-state index contributed by atoms with van der Waals surface area (Å²) in [5.74, 6) is 1.20. The van der Waals surface area contributed by atoms with Crippen molar-refractivity contribution in [1.29, 1.82) is 0 Å². The fourth-order valence-corrected chi connectivity index (χ4v) is 4.33. The summed E-state index contributed by atoms with van der Waals surface area (Å²) < 4.78 is 7.53. The molecule has 0 atom stereocenters. The van der Waals surface area contributed by atoms with E-state index in [1.54, 1.807) is 42.6 Å². The molecule has 11 heteroatoms. The van der Waals surface area contributed by atoms with Gasteiger partial charge in [-0.15, -0.1) is 10.2 Å². The predicted octanol–water partition coefficient (Wildman–Crippen LogP) is 3.88. The summed E-state index contributed by atoms with van der Waals surface area (Å²) in [5, 5.41) is 13.8. The Morgan fingerprint density at radius 1 is 1.16 bits per heavy atom. The van der Waals surface area contributed by atoms with E-state index in [2.05, 4.69) is 25.8 Å². The molecule has 1 aromatic carbocycles. The van der Waals surface area contributed by atoms with E-state index in [1.165, 1.54) is 33.6 Å². The van der Waals surface area contributed by atoms with Gasteiger partial charge in [-0.3, -0.25) is 14.5 Å². The van der Waals surface area contributed by atoms with Gasteiger partial charge in [0.2, 0.25) is 5.13 Å². The number of hydrogen-bond acceptors (Lipinski definition) is 8. The van der Waals surface area contributed by atoms with Gasteiger partial charge in [0, 0.05) is 23.7 Å². The van der Waals surface area contributed by atoms with Gasteiger partial charge in [-0.05, 0) is 43.3 Å². The number of ether oxygens (including phenoxy) is 1. The Labute approximate surface area is 185 Å². The summed E-state index contributed by atoms with van der Waals surface area (Å²) in [6.45, 7) is 2.49. The topological polar surface area (TPSA) is 111 Å². The molecule has 2 N–H and O–H groups in total. The lowest BCUT2D eigenvalue weighted by atomic mass is 10.3. The Morgan fingerprint density at radius 3 is 2.81 bits per heavy atom. The van der Waals surface area contributed by atoms with E-state index in [9.17, 15) is 9.59 Å². The normalized spacial score (nSPS) is 10.7. The molecule has 0 unspecified atom stereocenters. The SMILES string of the molecule is CCOc1ccc(NC(=O)Nc2nnc(SCc3cc(=O)n4ccccc4n3)s2)cc1. The number of hydrogen-bond donors (Lipinski definition) is 2. The van der Waals surface area contributed by atoms with Gasteiger partial charge in [0.15, 0.2) is 4.34 Å². The summed E-state index contributed by atoms with van der Waals surface area (Å²) in [7, 11) is 0. The van der Waals surface area contributed by atoms with Crippen molar-refractivity contribution in [2.75, 3.05) is 17.2 Å². The van der Waals surface area contributed by atoms with Gasteiger partial charge in [0.05, 0.1) is 12.3 Å². The summed E-state index contributed by atoms with van der Waals surface area (Å²) >= 11 is 2.64. The number of thioether (sulfide) groups is 1. The Bertz CT molecular complexity index is 1260. The molecule has 158 valence electrons. The van der Waals surface area contributed by atoms with Crippen LogP contribution >= 0.6 is 23.1 Å². The van der Waals surface area contributed by atoms with Crippen LogP contribution in [-0.4, -0.2) is 32.2 Å². The maximum absolute atomic E-state index is 12.2. The molecule has 0 saturated carbocycles. The number of aromatic nitrogens is 4. The molecule has 0 saturated heterocycles. The molecule has 3 aromatic heterocycles. The molecular weight excluding hydrogens is 436 g/mol. The number of rotatable bonds is 7. The molecule has 3 heterocycles. The van der Waals surface area contributed by atoms with E-state index in [0.29, 0.717) is 38.9 Å². The Hall–Kier alpha value is -3.44. The number of anilines is 2. The maximum Gasteiger partial charge on any atom is 0.325 e. The van der Waals surface area contributed by atoms with Crippen LogP contribution in [0.4, 0.5) is 15.6 Å². The standard InChI is InChI=1S/C20H18N6O3S2/c1-2-29-15-8-6-13(7-9-15)22-18(28)23-19-24-25-20(31-19)30-12-14-11-17(27)26-10-4-3-5-16(26)21-14/h3-11H,2,12H2,1H3,(H2,22,23,24,28). The number of pyridine rings is 1. The van der Waals surface area contributed by atoms with Gasteiger partial charge in [-0.25, -0.2) is 9.78 Å². The molecule has 2 amide bonds. The smallest absolute Gasteiger partial charge is 0.325 e. The summed E-state index contributed by atoms with van der Waals surface area (Å²) in [6.07, 6.45) is 1.68. The van der Waals surface area contributed by atoms with Gasteiger partial charge in [0.25, 0.3) is 5.56 Å². The van der Waals surface area contributed by atoms with Crippen LogP contribution in [0, 0.1) is 0 Å². The third-order valence-electron chi connectivity index (χ3n) is 4.02. The third-order valence-corrected chi connectivity index (χ3v) is 6.02. The molecule has 0 radical (unpaired) electrons. The minimum atomic E-state index is -0.416. The lowest BCUT2D eigenvalue weighted by Gasteiger charge is -2.06. The van der Waals surface area contributed by atoms with E-state index >= 15 is 0 Å². The van der Waals surface area contributed by atoms with E-state index in [0.717, 1.165) is 5.75 Å². The van der Waals surface area contributed by atoms with Crippen LogP contribution in [0.3, 0.4) is 0 Å². The fraction of sp³-hybridized carbons (Fsp3) is 0.150. The largest absolute Gasteiger partial charge is 0.494 e. The average molecular weight is 455 g/mol. The highest BCUT2D eigenvalue weighted by Crippen LogP contribution is 2.28. The van der Waals surface area contributed by atoms with Crippen molar-refractivity contribution >= 4 is 45.6 Å². The molecule has 4 aromatic rings. The lowest BCUT2D eigenvalue weighted by Crippen LogP contribution is -2.19. The second kappa shape index (κ2) is 9.58. The van der Waals surface area contributed by atoms with Crippen molar-refractivity contribution in [2.45, 2.75) is 17.0 Å². The van der Waals surface area contributed by atoms with Gasteiger partial charge >= 0.3 is 6.03 Å². The Kier molecular flexibility index (Phi) is 6.43. The summed E-state index contributed by atoms with van der Waals surface area (Å²) in [6, 6.07) is 13.6. The van der Waals surface area contributed by atoms with Crippen molar-refractivity contribution in [1.82, 2.24) is 19.6 Å². The molecule has 0 aliphatic heterocycles. The number of fused-ring (bicyclic) bond motifs is 1. The van der Waals surface area contributed by atoms with Gasteiger partial charge in [-0.2, -0.15) is 0 Å². The highest BCUT2D eigenvalue weighted by molar-refractivity contribution is 8.00. The highest BCUT2D eigenvalue weighted by Gasteiger charge is 2.10. The highest BCUT2D eigenvalue weighted by atomic mass is 32.2. The fourth-order valence-electron chi connectivity index (χ4n) is 2.69. The van der Waals surface area contributed by atoms with Crippen LogP contribution in [0.5, 0.6) is 5.75 Å². The number of carbonyl (C=O) groups excluding carboxylic acids is 1. The van der Waals surface area contributed by atoms with Crippen LogP contribution in [0.2, 0.25) is 0 Å². The van der Waals surface area contributed by atoms with Crippen LogP contribution in [0.15, 0.2) is 63.9 Å². The molecule has 4 rings (SSSR count). The van der Waals surface area contributed by atoms with Crippen LogP contribution in [0.1, 0.15) is 12.6 Å². The molecule has 0 aliphatic carbocycles. The molecule has 31 heavy (non-hydrogen) atoms. The first-order valence-corrected chi connectivity index (χ1v) is 11.2. The molecule has 0 bridgehead atoms. The van der Waals surface area contributed by atoms with Crippen LogP contribution < -0.4 is 20.9 Å². The van der Waals surface area contributed by atoms with Gasteiger partial charge in [-0.1, -0.05) is 29.2 Å². The second-order valence-corrected chi connectivity index (χ2v) is 8.41. The second-order valence-electron chi connectivity index (χ2n) is 6.21. The Morgan fingerprint density at radius 2 is 2.00 bits per heavy atom. The van der Waals surface area contributed by atoms with Crippen molar-refractivity contribution in [3.63, 3.8) is 0 Å². The number of carbonyl (C=O) groups is 1. The number of nitrogens with one attached hydrogen (secondary N) is 2. The minimum Gasteiger partial charge on any atom is -0.494 e. The molecule has 9 nitrogen and oxygen atoms in total. The maximum atomic E-state index is 12.2. The van der Waals surface area contributed by atoms with E-state index < -0.39 is 6.03 Å². The quantitative estimate of drug-likeness (QED) is 0.322. The number of nitrogens with zero attached hydrogens (tertiary/aromatic N) is 4. The van der Waals surface area contributed by atoms with Crippen molar-refractivity contribution < 1.29 is 9.53 Å². The van der Waals surface area contributed by atoms with Gasteiger partial charge < -0.3 is 10.1 Å². The third kappa shape index (κ3) is 5.38. The minimum absolute atomic E-state index is 0.133. The summed E-state index contributed by atoms with van der Waals surface area (Å²) in [4.78, 5) is 28.8. The first-order valence-electron chi connectivity index (χ1n) is 9.35. The number of amides is 2. The van der Waals surface area contributed by atoms with E-state index in [1.807, 2.05) is 13.0 Å². The first kappa shape index (κ1) is 20.8. The number of urea groups is 1. The molecule has 0 aliphatic rings. The summed E-state index contributed by atoms with van der Waals surface area (Å²) in [5.41, 5.74) is 1.75. The lowest BCUT2D eigenvalue weighted by molar-refractivity contribution is 0.262. The van der Waals surface area contributed by atoms with Crippen LogP contribution in [-0.2, 0) is 5.75 Å². The zero-order chi connectivity index (χ0) is 21.6. The molecular formula is C20H18N6O3S2. The predicted molar refractivity (Wildman–Crippen MR) is 121 cm³/mol. The monoisotopic (exact) mass is 454 g/mol. The van der Waals surface area contributed by atoms with Crippen LogP contribution in [0.25, 0.3) is 5.65 Å². The number of benzene rings is 1. The van der Waals surface area contributed by atoms with Crippen molar-refractivity contribution in [2.24, 2.45) is 0 Å². The average Bonchev–Trinajstić information content (AvgIpc) is 3.21. The zero-order valence-electron chi connectivity index (χ0n) is 16.4. The van der Waals surface area contributed by atoms with E-state index in [-0.39, 0.29) is 5.56 Å². The molecule has 0 spiro atoms.